The van der Waals surface area contributed by atoms with Gasteiger partial charge in [0.25, 0.3) is 0 Å². The van der Waals surface area contributed by atoms with Gasteiger partial charge in [0.2, 0.25) is 0 Å². The highest BCUT2D eigenvalue weighted by atomic mass is 127. The Kier molecular flexibility index (Phi) is 5.22. The number of aliphatic hydroxyl groups is 1. The number of benzene rings is 2. The summed E-state index contributed by atoms with van der Waals surface area (Å²) in [5.41, 5.74) is 1.45. The predicted molar refractivity (Wildman–Crippen MR) is 86.9 cm³/mol. The van der Waals surface area contributed by atoms with Gasteiger partial charge < -0.3 is 5.11 Å². The van der Waals surface area contributed by atoms with E-state index in [1.54, 1.807) is 18.2 Å². The van der Waals surface area contributed by atoms with Gasteiger partial charge in [-0.1, -0.05) is 29.8 Å². The first kappa shape index (κ1) is 15.2. The third-order valence-electron chi connectivity index (χ3n) is 2.77. The number of hydrogen-bond acceptors (Lipinski definition) is 1. The number of hydrogen-bond donors (Lipinski definition) is 1. The minimum Gasteiger partial charge on any atom is -0.388 e. The Balaban J connectivity index is 2.23. The maximum atomic E-state index is 13.4. The highest BCUT2D eigenvalue weighted by Gasteiger charge is 2.13. The lowest BCUT2D eigenvalue weighted by atomic mass is 10.0. The topological polar surface area (TPSA) is 20.2 Å². The molecule has 0 spiro atoms. The average molecular weight is 455 g/mol. The van der Waals surface area contributed by atoms with Gasteiger partial charge in [-0.15, -0.1) is 0 Å². The zero-order chi connectivity index (χ0) is 14.0. The average Bonchev–Trinajstić information content (AvgIpc) is 2.38. The Labute approximate surface area is 138 Å². The van der Waals surface area contributed by atoms with Crippen molar-refractivity contribution >= 4 is 50.1 Å². The molecule has 0 aromatic heterocycles. The van der Waals surface area contributed by atoms with Crippen LogP contribution in [0, 0.1) is 9.39 Å². The van der Waals surface area contributed by atoms with Crippen molar-refractivity contribution in [2.75, 3.05) is 0 Å². The largest absolute Gasteiger partial charge is 0.388 e. The first-order valence-corrected chi connectivity index (χ1v) is 7.80. The Morgan fingerprint density at radius 1 is 1.32 bits per heavy atom. The molecule has 2 aromatic rings. The molecule has 1 N–H and O–H groups in total. The molecule has 19 heavy (non-hydrogen) atoms. The fourth-order valence-corrected chi connectivity index (χ4v) is 2.70. The summed E-state index contributed by atoms with van der Waals surface area (Å²) in [6, 6.07) is 10.2. The van der Waals surface area contributed by atoms with Crippen LogP contribution in [0.25, 0.3) is 0 Å². The fourth-order valence-electron chi connectivity index (χ4n) is 1.75. The van der Waals surface area contributed by atoms with E-state index in [1.165, 1.54) is 6.07 Å². The summed E-state index contributed by atoms with van der Waals surface area (Å²) in [5, 5.41) is 10.8. The van der Waals surface area contributed by atoms with Crippen LogP contribution in [0.3, 0.4) is 0 Å². The van der Waals surface area contributed by atoms with Gasteiger partial charge in [-0.05, 0) is 67.8 Å². The molecule has 0 bridgehead atoms. The Morgan fingerprint density at radius 2 is 2.05 bits per heavy atom. The molecule has 0 saturated heterocycles. The van der Waals surface area contributed by atoms with Crippen molar-refractivity contribution in [2.45, 2.75) is 12.5 Å². The van der Waals surface area contributed by atoms with E-state index >= 15 is 0 Å². The van der Waals surface area contributed by atoms with Gasteiger partial charge in [-0.2, -0.15) is 0 Å². The summed E-state index contributed by atoms with van der Waals surface area (Å²) in [4.78, 5) is 0. The summed E-state index contributed by atoms with van der Waals surface area (Å²) >= 11 is 11.4. The van der Waals surface area contributed by atoms with Gasteiger partial charge in [0.05, 0.1) is 15.6 Å². The van der Waals surface area contributed by atoms with Crippen molar-refractivity contribution in [1.82, 2.24) is 0 Å². The first-order chi connectivity index (χ1) is 8.99. The standard InChI is InChI=1S/C14H10BrClFIO/c15-14-9(2-1-3-11(14)17)7-13(19)8-4-5-12(18)10(16)6-8/h1-6,13,19H,7H2. The van der Waals surface area contributed by atoms with E-state index < -0.39 is 6.10 Å². The highest BCUT2D eigenvalue weighted by Crippen LogP contribution is 2.28. The summed E-state index contributed by atoms with van der Waals surface area (Å²) in [5.74, 6) is -0.328. The van der Waals surface area contributed by atoms with Gasteiger partial charge in [0.1, 0.15) is 5.82 Å². The Bertz CT molecular complexity index is 606. The molecule has 2 rings (SSSR count). The maximum absolute atomic E-state index is 13.4. The lowest BCUT2D eigenvalue weighted by Gasteiger charge is -2.13. The third-order valence-corrected chi connectivity index (χ3v) is 5.23. The maximum Gasteiger partial charge on any atom is 0.137 e. The molecule has 0 aliphatic rings. The zero-order valence-corrected chi connectivity index (χ0v) is 14.2. The van der Waals surface area contributed by atoms with Crippen LogP contribution in [0.4, 0.5) is 4.39 Å². The Morgan fingerprint density at radius 3 is 2.74 bits per heavy atom. The van der Waals surface area contributed by atoms with Crippen LogP contribution in [0.15, 0.2) is 40.9 Å². The minimum atomic E-state index is -0.715. The SMILES string of the molecule is OC(Cc1cccc(F)c1Br)c1ccc(I)c(Cl)c1. The van der Waals surface area contributed by atoms with E-state index in [9.17, 15) is 9.50 Å². The molecule has 0 aliphatic carbocycles. The molecular weight excluding hydrogens is 445 g/mol. The van der Waals surface area contributed by atoms with Crippen LogP contribution in [-0.2, 0) is 6.42 Å². The molecule has 5 heteroatoms. The van der Waals surface area contributed by atoms with Gasteiger partial charge in [0, 0.05) is 9.99 Å². The minimum absolute atomic E-state index is 0.328. The van der Waals surface area contributed by atoms with Crippen molar-refractivity contribution in [3.05, 3.63) is 66.4 Å². The van der Waals surface area contributed by atoms with Crippen molar-refractivity contribution < 1.29 is 9.50 Å². The van der Waals surface area contributed by atoms with Crippen LogP contribution >= 0.6 is 50.1 Å². The summed E-state index contributed by atoms with van der Waals surface area (Å²) < 4.78 is 14.7. The van der Waals surface area contributed by atoms with Crippen LogP contribution in [0.1, 0.15) is 17.2 Å². The van der Waals surface area contributed by atoms with E-state index in [0.29, 0.717) is 15.9 Å². The van der Waals surface area contributed by atoms with E-state index in [0.717, 1.165) is 14.7 Å². The highest BCUT2D eigenvalue weighted by molar-refractivity contribution is 14.1. The molecule has 0 aliphatic heterocycles. The molecule has 1 unspecified atom stereocenters. The molecular formula is C14H10BrClFIO. The lowest BCUT2D eigenvalue weighted by molar-refractivity contribution is 0.178. The normalized spacial score (nSPS) is 12.5. The number of aliphatic hydroxyl groups excluding tert-OH is 1. The van der Waals surface area contributed by atoms with E-state index in [-0.39, 0.29) is 5.82 Å². The van der Waals surface area contributed by atoms with E-state index in [4.69, 9.17) is 11.6 Å². The van der Waals surface area contributed by atoms with Crippen molar-refractivity contribution in [1.29, 1.82) is 0 Å². The lowest BCUT2D eigenvalue weighted by Crippen LogP contribution is -2.03. The first-order valence-electron chi connectivity index (χ1n) is 5.55. The Hall–Kier alpha value is -0.170. The van der Waals surface area contributed by atoms with Crippen LogP contribution < -0.4 is 0 Å². The smallest absolute Gasteiger partial charge is 0.137 e. The second kappa shape index (κ2) is 6.52. The molecule has 100 valence electrons. The monoisotopic (exact) mass is 454 g/mol. The molecule has 0 heterocycles. The van der Waals surface area contributed by atoms with E-state index in [2.05, 4.69) is 38.5 Å². The zero-order valence-electron chi connectivity index (χ0n) is 9.71. The summed E-state index contributed by atoms with van der Waals surface area (Å²) in [7, 11) is 0. The van der Waals surface area contributed by atoms with Crippen molar-refractivity contribution in [3.63, 3.8) is 0 Å². The second-order valence-corrected chi connectivity index (χ2v) is 6.47. The summed E-state index contributed by atoms with van der Waals surface area (Å²) in [6.07, 6.45) is -0.387. The van der Waals surface area contributed by atoms with E-state index in [1.807, 2.05) is 12.1 Å². The quantitative estimate of drug-likeness (QED) is 0.637. The number of rotatable bonds is 3. The molecule has 0 saturated carbocycles. The van der Waals surface area contributed by atoms with Gasteiger partial charge in [-0.3, -0.25) is 0 Å². The van der Waals surface area contributed by atoms with Crippen molar-refractivity contribution in [3.8, 4) is 0 Å². The van der Waals surface area contributed by atoms with Gasteiger partial charge in [-0.25, -0.2) is 4.39 Å². The van der Waals surface area contributed by atoms with Crippen molar-refractivity contribution in [2.24, 2.45) is 0 Å². The fraction of sp³-hybridized carbons (Fsp3) is 0.143. The molecule has 0 fully saturated rings. The number of halogens is 4. The molecule has 2 aromatic carbocycles. The van der Waals surface area contributed by atoms with Gasteiger partial charge >= 0.3 is 0 Å². The van der Waals surface area contributed by atoms with Gasteiger partial charge in [0.15, 0.2) is 0 Å². The molecule has 1 nitrogen and oxygen atoms in total. The molecule has 0 radical (unpaired) electrons. The van der Waals surface area contributed by atoms with Crippen LogP contribution in [0.2, 0.25) is 5.02 Å². The predicted octanol–water partition coefficient (Wildman–Crippen LogP) is 5.12. The van der Waals surface area contributed by atoms with Crippen LogP contribution in [-0.4, -0.2) is 5.11 Å². The molecule has 1 atom stereocenters. The third kappa shape index (κ3) is 3.68. The van der Waals surface area contributed by atoms with Crippen LogP contribution in [0.5, 0.6) is 0 Å². The molecule has 0 amide bonds. The summed E-state index contributed by atoms with van der Waals surface area (Å²) in [6.45, 7) is 0. The second-order valence-electron chi connectivity index (χ2n) is 4.11.